The summed E-state index contributed by atoms with van der Waals surface area (Å²) in [5, 5.41) is 10.5. The second-order valence-electron chi connectivity index (χ2n) is 5.77. The van der Waals surface area contributed by atoms with E-state index >= 15 is 0 Å². The van der Waals surface area contributed by atoms with Crippen molar-refractivity contribution < 1.29 is 18.7 Å². The van der Waals surface area contributed by atoms with Crippen LogP contribution in [0.3, 0.4) is 0 Å². The Hall–Kier alpha value is -3.35. The number of hydrogen-bond donors (Lipinski definition) is 1. The largest absolute Gasteiger partial charge is 0.497 e. The highest BCUT2D eigenvalue weighted by atomic mass is 16.5. The van der Waals surface area contributed by atoms with E-state index in [9.17, 15) is 4.79 Å². The van der Waals surface area contributed by atoms with Gasteiger partial charge in [0.1, 0.15) is 11.5 Å². The lowest BCUT2D eigenvalue weighted by Crippen LogP contribution is -2.12. The van der Waals surface area contributed by atoms with Crippen molar-refractivity contribution in [2.45, 2.75) is 13.8 Å². The van der Waals surface area contributed by atoms with Crippen LogP contribution < -0.4 is 14.8 Å². The average Bonchev–Trinajstić information content (AvgIpc) is 3.11. The van der Waals surface area contributed by atoms with Crippen molar-refractivity contribution in [1.82, 2.24) is 10.2 Å². The number of amides is 1. The molecule has 134 valence electrons. The summed E-state index contributed by atoms with van der Waals surface area (Å²) in [5.74, 6) is 0.954. The monoisotopic (exact) mass is 353 g/mol. The fourth-order valence-corrected chi connectivity index (χ4v) is 2.37. The molecule has 2 aromatic carbocycles. The van der Waals surface area contributed by atoms with Gasteiger partial charge in [-0.2, -0.15) is 0 Å². The van der Waals surface area contributed by atoms with Crippen molar-refractivity contribution in [3.8, 4) is 23.0 Å². The molecule has 0 saturated heterocycles. The molecule has 0 radical (unpaired) electrons. The van der Waals surface area contributed by atoms with E-state index < -0.39 is 5.91 Å². The van der Waals surface area contributed by atoms with Gasteiger partial charge in [-0.3, -0.25) is 10.1 Å². The number of methoxy groups -OCH3 is 2. The van der Waals surface area contributed by atoms with Crippen LogP contribution in [0, 0.1) is 13.8 Å². The van der Waals surface area contributed by atoms with Crippen molar-refractivity contribution >= 4 is 11.9 Å². The Balaban J connectivity index is 1.80. The first-order valence-electron chi connectivity index (χ1n) is 7.95. The number of carbonyl (C=O) groups is 1. The summed E-state index contributed by atoms with van der Waals surface area (Å²) in [5.41, 5.74) is 3.44. The minimum atomic E-state index is -0.405. The molecule has 26 heavy (non-hydrogen) atoms. The van der Waals surface area contributed by atoms with Crippen LogP contribution in [0.15, 0.2) is 40.8 Å². The Labute approximate surface area is 151 Å². The number of nitrogens with zero attached hydrogens (tertiary/aromatic N) is 2. The van der Waals surface area contributed by atoms with Crippen LogP contribution in [0.25, 0.3) is 11.5 Å². The summed E-state index contributed by atoms with van der Waals surface area (Å²) in [6.07, 6.45) is 0. The Morgan fingerprint density at radius 2 is 1.65 bits per heavy atom. The molecular weight excluding hydrogens is 334 g/mol. The smallest absolute Gasteiger partial charge is 0.322 e. The topological polar surface area (TPSA) is 86.5 Å². The lowest BCUT2D eigenvalue weighted by atomic mass is 10.1. The number of aromatic nitrogens is 2. The number of anilines is 1. The zero-order valence-electron chi connectivity index (χ0n) is 15.0. The zero-order chi connectivity index (χ0) is 18.7. The molecule has 1 amide bonds. The normalized spacial score (nSPS) is 10.5. The quantitative estimate of drug-likeness (QED) is 0.754. The Bertz CT molecular complexity index is 927. The van der Waals surface area contributed by atoms with Crippen LogP contribution in [0.4, 0.5) is 6.01 Å². The van der Waals surface area contributed by atoms with Crippen molar-refractivity contribution in [2.24, 2.45) is 0 Å². The lowest BCUT2D eigenvalue weighted by Gasteiger charge is -2.07. The third-order valence-electron chi connectivity index (χ3n) is 4.01. The molecule has 3 aromatic rings. The van der Waals surface area contributed by atoms with Crippen LogP contribution in [0.5, 0.6) is 11.5 Å². The third-order valence-corrected chi connectivity index (χ3v) is 4.01. The molecule has 0 aliphatic rings. The molecule has 0 aliphatic carbocycles. The van der Waals surface area contributed by atoms with Gasteiger partial charge in [0.05, 0.1) is 14.2 Å². The highest BCUT2D eigenvalue weighted by molar-refractivity contribution is 6.03. The van der Waals surface area contributed by atoms with E-state index in [0.717, 1.165) is 11.1 Å². The van der Waals surface area contributed by atoms with Crippen LogP contribution in [0.2, 0.25) is 0 Å². The molecule has 1 aromatic heterocycles. The summed E-state index contributed by atoms with van der Waals surface area (Å²) < 4.78 is 15.9. The first-order valence-corrected chi connectivity index (χ1v) is 7.95. The SMILES string of the molecule is COc1cc(OC)cc(C(=O)Nc2nnc(-c3ccc(C)c(C)c3)o2)c1. The van der Waals surface area contributed by atoms with Gasteiger partial charge >= 0.3 is 6.01 Å². The maximum absolute atomic E-state index is 12.4. The standard InChI is InChI=1S/C19H19N3O4/c1-11-5-6-13(7-12(11)2)18-21-22-19(26-18)20-17(23)14-8-15(24-3)10-16(9-14)25-4/h5-10H,1-4H3,(H,20,22,23). The molecule has 0 unspecified atom stereocenters. The molecule has 1 heterocycles. The fraction of sp³-hybridized carbons (Fsp3) is 0.211. The number of nitrogens with one attached hydrogen (secondary N) is 1. The summed E-state index contributed by atoms with van der Waals surface area (Å²) >= 11 is 0. The molecule has 3 rings (SSSR count). The Morgan fingerprint density at radius 1 is 0.962 bits per heavy atom. The minimum Gasteiger partial charge on any atom is -0.497 e. The average molecular weight is 353 g/mol. The van der Waals surface area contributed by atoms with Gasteiger partial charge in [0.15, 0.2) is 0 Å². The van der Waals surface area contributed by atoms with Gasteiger partial charge in [-0.25, -0.2) is 0 Å². The van der Waals surface area contributed by atoms with Crippen LogP contribution >= 0.6 is 0 Å². The zero-order valence-corrected chi connectivity index (χ0v) is 15.0. The van der Waals surface area contributed by atoms with Crippen molar-refractivity contribution in [3.05, 3.63) is 53.1 Å². The van der Waals surface area contributed by atoms with E-state index in [1.807, 2.05) is 32.0 Å². The van der Waals surface area contributed by atoms with Gasteiger partial charge in [-0.1, -0.05) is 11.2 Å². The van der Waals surface area contributed by atoms with Gasteiger partial charge in [-0.05, 0) is 49.2 Å². The molecule has 1 N–H and O–H groups in total. The minimum absolute atomic E-state index is 0.0185. The Kier molecular flexibility index (Phi) is 4.88. The molecule has 0 fully saturated rings. The molecule has 7 nitrogen and oxygen atoms in total. The predicted octanol–water partition coefficient (Wildman–Crippen LogP) is 3.62. The van der Waals surface area contributed by atoms with Gasteiger partial charge in [-0.15, -0.1) is 5.10 Å². The Morgan fingerprint density at radius 3 is 2.27 bits per heavy atom. The van der Waals surface area contributed by atoms with Crippen LogP contribution in [0.1, 0.15) is 21.5 Å². The molecule has 0 bridgehead atoms. The second kappa shape index (κ2) is 7.26. The molecule has 0 spiro atoms. The molecular formula is C19H19N3O4. The van der Waals surface area contributed by atoms with E-state index in [4.69, 9.17) is 13.9 Å². The van der Waals surface area contributed by atoms with Gasteiger partial charge in [0.25, 0.3) is 5.91 Å². The third kappa shape index (κ3) is 3.66. The maximum Gasteiger partial charge on any atom is 0.322 e. The van der Waals surface area contributed by atoms with E-state index in [2.05, 4.69) is 15.5 Å². The molecule has 0 aliphatic heterocycles. The number of benzene rings is 2. The number of hydrogen-bond acceptors (Lipinski definition) is 6. The highest BCUT2D eigenvalue weighted by Crippen LogP contribution is 2.25. The van der Waals surface area contributed by atoms with Gasteiger partial charge in [0.2, 0.25) is 5.89 Å². The molecule has 0 atom stereocenters. The summed E-state index contributed by atoms with van der Waals surface area (Å²) in [6.45, 7) is 4.04. The van der Waals surface area contributed by atoms with Crippen molar-refractivity contribution in [2.75, 3.05) is 19.5 Å². The van der Waals surface area contributed by atoms with Crippen molar-refractivity contribution in [1.29, 1.82) is 0 Å². The number of carbonyl (C=O) groups excluding carboxylic acids is 1. The first kappa shape index (κ1) is 17.5. The lowest BCUT2D eigenvalue weighted by molar-refractivity contribution is 0.102. The van der Waals surface area contributed by atoms with E-state index in [0.29, 0.717) is 23.0 Å². The van der Waals surface area contributed by atoms with E-state index in [-0.39, 0.29) is 6.01 Å². The van der Waals surface area contributed by atoms with E-state index in [1.54, 1.807) is 18.2 Å². The van der Waals surface area contributed by atoms with Crippen LogP contribution in [-0.4, -0.2) is 30.3 Å². The summed E-state index contributed by atoms with van der Waals surface area (Å²) in [4.78, 5) is 12.4. The number of rotatable bonds is 5. The van der Waals surface area contributed by atoms with Gasteiger partial charge < -0.3 is 13.9 Å². The molecule has 7 heteroatoms. The van der Waals surface area contributed by atoms with Crippen molar-refractivity contribution in [3.63, 3.8) is 0 Å². The number of aryl methyl sites for hydroxylation is 2. The second-order valence-corrected chi connectivity index (χ2v) is 5.77. The number of ether oxygens (including phenoxy) is 2. The summed E-state index contributed by atoms with van der Waals surface area (Å²) in [7, 11) is 3.04. The summed E-state index contributed by atoms with van der Waals surface area (Å²) in [6, 6.07) is 10.7. The maximum atomic E-state index is 12.4. The first-order chi connectivity index (χ1) is 12.5. The van der Waals surface area contributed by atoms with Gasteiger partial charge in [0, 0.05) is 17.2 Å². The highest BCUT2D eigenvalue weighted by Gasteiger charge is 2.15. The molecule has 0 saturated carbocycles. The van der Waals surface area contributed by atoms with Crippen LogP contribution in [-0.2, 0) is 0 Å². The predicted molar refractivity (Wildman–Crippen MR) is 96.7 cm³/mol. The fourth-order valence-electron chi connectivity index (χ4n) is 2.37. The van der Waals surface area contributed by atoms with E-state index in [1.165, 1.54) is 19.8 Å².